The summed E-state index contributed by atoms with van der Waals surface area (Å²) in [7, 11) is 1.99. The highest BCUT2D eigenvalue weighted by Crippen LogP contribution is 2.22. The first-order valence-electron chi connectivity index (χ1n) is 14.4. The second-order valence-electron chi connectivity index (χ2n) is 13.6. The van der Waals surface area contributed by atoms with E-state index in [2.05, 4.69) is 79.4 Å². The van der Waals surface area contributed by atoms with E-state index in [1.165, 1.54) is 5.56 Å². The highest BCUT2D eigenvalue weighted by molar-refractivity contribution is 5.90. The van der Waals surface area contributed by atoms with Crippen molar-refractivity contribution >= 4 is 11.8 Å². The van der Waals surface area contributed by atoms with E-state index in [-0.39, 0.29) is 17.2 Å². The van der Waals surface area contributed by atoms with Gasteiger partial charge in [-0.2, -0.15) is 0 Å². The number of nitrogens with one attached hydrogen (secondary N) is 2. The van der Waals surface area contributed by atoms with Gasteiger partial charge in [-0.15, -0.1) is 0 Å². The number of pyridine rings is 1. The van der Waals surface area contributed by atoms with Crippen LogP contribution in [0.15, 0.2) is 48.8 Å². The zero-order valence-corrected chi connectivity index (χ0v) is 25.8. The van der Waals surface area contributed by atoms with Crippen molar-refractivity contribution in [2.45, 2.75) is 105 Å². The third-order valence-corrected chi connectivity index (χ3v) is 6.80. The number of aryl methyl sites for hydroxylation is 1. The zero-order chi connectivity index (χ0) is 29.2. The first-order chi connectivity index (χ1) is 18.1. The summed E-state index contributed by atoms with van der Waals surface area (Å²) in [6.45, 7) is 17.8. The quantitative estimate of drug-likeness (QED) is 0.350. The molecule has 0 saturated heterocycles. The molecule has 0 fully saturated rings. The number of hydrogen-bond donors (Lipinski definition) is 2. The van der Waals surface area contributed by atoms with Crippen LogP contribution in [0.5, 0.6) is 0 Å². The van der Waals surface area contributed by atoms with Crippen LogP contribution >= 0.6 is 0 Å². The Morgan fingerprint density at radius 1 is 0.897 bits per heavy atom. The van der Waals surface area contributed by atoms with Gasteiger partial charge in [0.15, 0.2) is 0 Å². The first-order valence-corrected chi connectivity index (χ1v) is 14.4. The van der Waals surface area contributed by atoms with Crippen LogP contribution in [-0.4, -0.2) is 52.9 Å². The number of rotatable bonds is 13. The first kappa shape index (κ1) is 32.5. The molecule has 6 nitrogen and oxygen atoms in total. The van der Waals surface area contributed by atoms with Gasteiger partial charge in [-0.1, -0.05) is 65.0 Å². The Hall–Kier alpha value is -2.73. The van der Waals surface area contributed by atoms with Crippen molar-refractivity contribution in [1.29, 1.82) is 0 Å². The third kappa shape index (κ3) is 12.8. The SMILES string of the molecule is CC(C)CCN(C)C(Cc1cccnc1)C(=O)NC(Cc1ccc(CCC(C)(C)C)cc1)C(=O)NC(C)(C)C. The normalized spacial score (nSPS) is 13.8. The molecule has 6 heteroatoms. The Labute approximate surface area is 237 Å². The second-order valence-corrected chi connectivity index (χ2v) is 13.6. The molecule has 1 aromatic heterocycles. The Kier molecular flexibility index (Phi) is 12.2. The minimum atomic E-state index is -0.674. The van der Waals surface area contributed by atoms with Gasteiger partial charge in [0.25, 0.3) is 0 Å². The molecule has 0 aliphatic rings. The van der Waals surface area contributed by atoms with E-state index in [0.717, 1.165) is 36.9 Å². The lowest BCUT2D eigenvalue weighted by molar-refractivity contribution is -0.132. The molecule has 39 heavy (non-hydrogen) atoms. The molecule has 0 saturated carbocycles. The monoisotopic (exact) mass is 536 g/mol. The van der Waals surface area contributed by atoms with Gasteiger partial charge in [0.1, 0.15) is 6.04 Å². The number of benzene rings is 1. The summed E-state index contributed by atoms with van der Waals surface area (Å²) >= 11 is 0. The molecule has 1 heterocycles. The maximum atomic E-state index is 13.8. The second kappa shape index (κ2) is 14.6. The van der Waals surface area contributed by atoms with E-state index in [1.54, 1.807) is 6.20 Å². The number of hydrogen-bond acceptors (Lipinski definition) is 4. The molecule has 2 aromatic rings. The molecule has 216 valence electrons. The van der Waals surface area contributed by atoms with Crippen molar-refractivity contribution in [1.82, 2.24) is 20.5 Å². The largest absolute Gasteiger partial charge is 0.350 e. The number of amides is 2. The average Bonchev–Trinajstić information content (AvgIpc) is 2.84. The van der Waals surface area contributed by atoms with Gasteiger partial charge in [-0.3, -0.25) is 19.5 Å². The van der Waals surface area contributed by atoms with Gasteiger partial charge in [-0.25, -0.2) is 0 Å². The molecule has 0 aliphatic carbocycles. The van der Waals surface area contributed by atoms with E-state index < -0.39 is 17.6 Å². The number of carbonyl (C=O) groups excluding carboxylic acids is 2. The molecule has 0 aliphatic heterocycles. The summed E-state index contributed by atoms with van der Waals surface area (Å²) in [4.78, 5) is 33.5. The van der Waals surface area contributed by atoms with Crippen molar-refractivity contribution in [3.05, 3.63) is 65.5 Å². The number of likely N-dealkylation sites (N-methyl/N-ethyl adjacent to an activating group) is 1. The van der Waals surface area contributed by atoms with E-state index in [9.17, 15) is 9.59 Å². The molecule has 1 aromatic carbocycles. The summed E-state index contributed by atoms with van der Waals surface area (Å²) in [5, 5.41) is 6.20. The van der Waals surface area contributed by atoms with Crippen molar-refractivity contribution in [2.75, 3.05) is 13.6 Å². The predicted octanol–water partition coefficient (Wildman–Crippen LogP) is 5.59. The lowest BCUT2D eigenvalue weighted by Gasteiger charge is -2.31. The van der Waals surface area contributed by atoms with Crippen LogP contribution in [0.1, 0.15) is 84.9 Å². The number of nitrogens with zero attached hydrogens (tertiary/aromatic N) is 2. The predicted molar refractivity (Wildman–Crippen MR) is 162 cm³/mol. The number of aromatic nitrogens is 1. The molecule has 2 unspecified atom stereocenters. The van der Waals surface area contributed by atoms with Crippen LogP contribution < -0.4 is 10.6 Å². The van der Waals surface area contributed by atoms with Gasteiger partial charge in [0, 0.05) is 24.4 Å². The molecule has 0 radical (unpaired) electrons. The smallest absolute Gasteiger partial charge is 0.243 e. The Bertz CT molecular complexity index is 1020. The van der Waals surface area contributed by atoms with Crippen LogP contribution in [-0.2, 0) is 28.9 Å². The summed E-state index contributed by atoms with van der Waals surface area (Å²) in [5.74, 6) is 0.227. The van der Waals surface area contributed by atoms with Gasteiger partial charge < -0.3 is 10.6 Å². The summed E-state index contributed by atoms with van der Waals surface area (Å²) in [6.07, 6.45) is 7.63. The average molecular weight is 537 g/mol. The molecule has 2 amide bonds. The van der Waals surface area contributed by atoms with E-state index in [4.69, 9.17) is 0 Å². The Balaban J connectivity index is 2.24. The molecule has 2 N–H and O–H groups in total. The summed E-state index contributed by atoms with van der Waals surface area (Å²) in [5.41, 5.74) is 3.20. The molecule has 2 atom stereocenters. The Morgan fingerprint density at radius 3 is 2.08 bits per heavy atom. The minimum absolute atomic E-state index is 0.138. The van der Waals surface area contributed by atoms with Crippen LogP contribution in [0.3, 0.4) is 0 Å². The molecule has 0 spiro atoms. The summed E-state index contributed by atoms with van der Waals surface area (Å²) < 4.78 is 0. The maximum Gasteiger partial charge on any atom is 0.243 e. The highest BCUT2D eigenvalue weighted by Gasteiger charge is 2.30. The van der Waals surface area contributed by atoms with E-state index in [1.807, 2.05) is 46.1 Å². The third-order valence-electron chi connectivity index (χ3n) is 6.80. The zero-order valence-electron chi connectivity index (χ0n) is 25.8. The van der Waals surface area contributed by atoms with Crippen molar-refractivity contribution < 1.29 is 9.59 Å². The fourth-order valence-electron chi connectivity index (χ4n) is 4.34. The van der Waals surface area contributed by atoms with E-state index in [0.29, 0.717) is 18.8 Å². The minimum Gasteiger partial charge on any atom is -0.350 e. The van der Waals surface area contributed by atoms with Crippen LogP contribution in [0.4, 0.5) is 0 Å². The van der Waals surface area contributed by atoms with Crippen LogP contribution in [0.25, 0.3) is 0 Å². The maximum absolute atomic E-state index is 13.8. The standard InChI is InChI=1S/C33H52N4O2/c1-24(2)17-20-37(9)29(22-27-11-10-19-34-23-27)31(39)35-28(30(38)36-33(6,7)8)21-26-14-12-25(13-15-26)16-18-32(3,4)5/h10-15,19,23-24,28-29H,16-18,20-22H2,1-9H3,(H,35,39)(H,36,38). The van der Waals surface area contributed by atoms with Gasteiger partial charge in [-0.05, 0) is 94.1 Å². The topological polar surface area (TPSA) is 74.3 Å². The van der Waals surface area contributed by atoms with Crippen molar-refractivity contribution in [3.63, 3.8) is 0 Å². The fraction of sp³-hybridized carbons (Fsp3) is 0.606. The van der Waals surface area contributed by atoms with E-state index >= 15 is 0 Å². The lowest BCUT2D eigenvalue weighted by Crippen LogP contribution is -2.57. The summed E-state index contributed by atoms with van der Waals surface area (Å²) in [6, 6.07) is 11.3. The fourth-order valence-corrected chi connectivity index (χ4v) is 4.34. The Morgan fingerprint density at radius 2 is 1.54 bits per heavy atom. The van der Waals surface area contributed by atoms with Crippen molar-refractivity contribution in [2.24, 2.45) is 11.3 Å². The molecule has 2 rings (SSSR count). The molecular weight excluding hydrogens is 484 g/mol. The lowest BCUT2D eigenvalue weighted by atomic mass is 9.88. The van der Waals surface area contributed by atoms with Crippen LogP contribution in [0.2, 0.25) is 0 Å². The molecular formula is C33H52N4O2. The number of carbonyl (C=O) groups is 2. The van der Waals surface area contributed by atoms with Crippen LogP contribution in [0, 0.1) is 11.3 Å². The molecule has 0 bridgehead atoms. The van der Waals surface area contributed by atoms with Gasteiger partial charge in [0.05, 0.1) is 6.04 Å². The van der Waals surface area contributed by atoms with Gasteiger partial charge in [0.2, 0.25) is 11.8 Å². The highest BCUT2D eigenvalue weighted by atomic mass is 16.2. The van der Waals surface area contributed by atoms with Crippen molar-refractivity contribution in [3.8, 4) is 0 Å². The van der Waals surface area contributed by atoms with Gasteiger partial charge >= 0.3 is 0 Å².